The van der Waals surface area contributed by atoms with Crippen molar-refractivity contribution in [2.24, 2.45) is 0 Å². The number of rotatable bonds is 3. The highest BCUT2D eigenvalue weighted by Gasteiger charge is 2.33. The third-order valence-electron chi connectivity index (χ3n) is 4.27. The maximum Gasteiger partial charge on any atom is 0.244 e. The number of carbonyl (C=O) groups excluding carboxylic acids is 1. The van der Waals surface area contributed by atoms with Crippen molar-refractivity contribution in [3.8, 4) is 0 Å². The third kappa shape index (κ3) is 2.46. The first-order valence-corrected chi connectivity index (χ1v) is 7.06. The fourth-order valence-electron chi connectivity index (χ4n) is 3.00. The van der Waals surface area contributed by atoms with E-state index in [1.54, 1.807) is 4.68 Å². The largest absolute Gasteiger partial charge is 0.396 e. The van der Waals surface area contributed by atoms with Gasteiger partial charge >= 0.3 is 0 Å². The van der Waals surface area contributed by atoms with Crippen LogP contribution in [0.5, 0.6) is 0 Å². The Bertz CT molecular complexity index is 480. The highest BCUT2D eigenvalue weighted by atomic mass is 16.2. The van der Waals surface area contributed by atoms with Crippen LogP contribution in [-0.4, -0.2) is 32.7 Å². The van der Waals surface area contributed by atoms with E-state index in [2.05, 4.69) is 18.9 Å². The lowest BCUT2D eigenvalue weighted by Gasteiger charge is -2.28. The number of hydrogen-bond acceptors (Lipinski definition) is 3. The molecule has 1 amide bonds. The molecule has 2 rings (SSSR count). The molecule has 5 nitrogen and oxygen atoms in total. The zero-order chi connectivity index (χ0) is 14.2. The van der Waals surface area contributed by atoms with E-state index in [9.17, 15) is 4.79 Å². The van der Waals surface area contributed by atoms with E-state index >= 15 is 0 Å². The summed E-state index contributed by atoms with van der Waals surface area (Å²) in [6, 6.07) is 0.726. The molecule has 2 atom stereocenters. The minimum atomic E-state index is 0.155. The number of nitrogens with two attached hydrogens (primary N) is 1. The molecular formula is C14H24N4O. The molecule has 0 radical (unpaired) electrons. The molecule has 0 aliphatic carbocycles. The number of carbonyl (C=O) groups is 1. The third-order valence-corrected chi connectivity index (χ3v) is 4.27. The predicted molar refractivity (Wildman–Crippen MR) is 75.7 cm³/mol. The van der Waals surface area contributed by atoms with Crippen LogP contribution in [0.2, 0.25) is 0 Å². The number of nitrogen functional groups attached to an aromatic ring is 1. The molecule has 0 bridgehead atoms. The first kappa shape index (κ1) is 13.9. The molecule has 0 saturated carbocycles. The van der Waals surface area contributed by atoms with E-state index in [1.807, 2.05) is 18.7 Å². The molecule has 106 valence electrons. The normalized spacial score (nSPS) is 23.1. The Hall–Kier alpha value is -1.52. The van der Waals surface area contributed by atoms with E-state index in [1.165, 1.54) is 0 Å². The van der Waals surface area contributed by atoms with Crippen molar-refractivity contribution < 1.29 is 4.79 Å². The molecule has 5 heteroatoms. The molecule has 0 aromatic carbocycles. The number of aryl methyl sites for hydroxylation is 1. The topological polar surface area (TPSA) is 64.2 Å². The lowest BCUT2D eigenvalue weighted by molar-refractivity contribution is -0.134. The summed E-state index contributed by atoms with van der Waals surface area (Å²) in [6.45, 7) is 8.35. The van der Waals surface area contributed by atoms with Crippen molar-refractivity contribution in [3.63, 3.8) is 0 Å². The van der Waals surface area contributed by atoms with Gasteiger partial charge in [-0.25, -0.2) is 0 Å². The second-order valence-electron chi connectivity index (χ2n) is 5.53. The van der Waals surface area contributed by atoms with Crippen molar-refractivity contribution in [2.45, 2.75) is 65.6 Å². The number of nitrogens with zero attached hydrogens (tertiary/aromatic N) is 3. The first-order valence-electron chi connectivity index (χ1n) is 7.06. The van der Waals surface area contributed by atoms with Crippen molar-refractivity contribution >= 4 is 11.6 Å². The Balaban J connectivity index is 2.14. The van der Waals surface area contributed by atoms with Crippen LogP contribution in [0, 0.1) is 13.8 Å². The van der Waals surface area contributed by atoms with Crippen LogP contribution < -0.4 is 5.73 Å². The number of anilines is 1. The van der Waals surface area contributed by atoms with E-state index in [4.69, 9.17) is 5.73 Å². The molecule has 2 N–H and O–H groups in total. The first-order chi connectivity index (χ1) is 8.95. The van der Waals surface area contributed by atoms with Crippen LogP contribution >= 0.6 is 0 Å². The Labute approximate surface area is 114 Å². The molecule has 1 aliphatic heterocycles. The lowest BCUT2D eigenvalue weighted by Crippen LogP contribution is -2.41. The van der Waals surface area contributed by atoms with Gasteiger partial charge in [-0.05, 0) is 40.0 Å². The molecule has 19 heavy (non-hydrogen) atoms. The molecule has 1 aliphatic rings. The smallest absolute Gasteiger partial charge is 0.244 e. The summed E-state index contributed by atoms with van der Waals surface area (Å²) in [4.78, 5) is 14.5. The minimum absolute atomic E-state index is 0.155. The summed E-state index contributed by atoms with van der Waals surface area (Å²) in [7, 11) is 0. The summed E-state index contributed by atoms with van der Waals surface area (Å²) in [5, 5.41) is 4.34. The molecule has 0 spiro atoms. The molecular weight excluding hydrogens is 240 g/mol. The van der Waals surface area contributed by atoms with E-state index < -0.39 is 0 Å². The summed E-state index contributed by atoms with van der Waals surface area (Å²) in [5.74, 6) is 0.155. The summed E-state index contributed by atoms with van der Waals surface area (Å²) >= 11 is 0. The molecule has 2 heterocycles. The van der Waals surface area contributed by atoms with Crippen LogP contribution in [0.3, 0.4) is 0 Å². The standard InChI is InChI=1S/C14H24N4O/c1-5-12-7-6-9(2)18(12)13(19)8-17-11(4)14(15)10(3)16-17/h9,12H,5-8,15H2,1-4H3. The Morgan fingerprint density at radius 2 is 2.11 bits per heavy atom. The van der Waals surface area contributed by atoms with Crippen LogP contribution in [0.25, 0.3) is 0 Å². The van der Waals surface area contributed by atoms with Gasteiger partial charge in [0, 0.05) is 12.1 Å². The highest BCUT2D eigenvalue weighted by Crippen LogP contribution is 2.26. The fraction of sp³-hybridized carbons (Fsp3) is 0.714. The van der Waals surface area contributed by atoms with Crippen LogP contribution in [0.4, 0.5) is 5.69 Å². The van der Waals surface area contributed by atoms with Crippen molar-refractivity contribution in [1.29, 1.82) is 0 Å². The molecule has 1 fully saturated rings. The van der Waals surface area contributed by atoms with E-state index in [0.717, 1.165) is 30.7 Å². The number of likely N-dealkylation sites (tertiary alicyclic amines) is 1. The van der Waals surface area contributed by atoms with Gasteiger partial charge < -0.3 is 10.6 Å². The average Bonchev–Trinajstić information content (AvgIpc) is 2.86. The van der Waals surface area contributed by atoms with Gasteiger partial charge in [0.15, 0.2) is 0 Å². The van der Waals surface area contributed by atoms with Gasteiger partial charge in [-0.2, -0.15) is 5.10 Å². The van der Waals surface area contributed by atoms with E-state index in [-0.39, 0.29) is 5.91 Å². The van der Waals surface area contributed by atoms with Crippen LogP contribution in [0.15, 0.2) is 0 Å². The zero-order valence-corrected chi connectivity index (χ0v) is 12.3. The SMILES string of the molecule is CCC1CCC(C)N1C(=O)Cn1nc(C)c(N)c1C. The Morgan fingerprint density at radius 3 is 2.63 bits per heavy atom. The fourth-order valence-corrected chi connectivity index (χ4v) is 3.00. The van der Waals surface area contributed by atoms with Crippen molar-refractivity contribution in [3.05, 3.63) is 11.4 Å². The quantitative estimate of drug-likeness (QED) is 0.906. The molecule has 1 aromatic heterocycles. The second-order valence-corrected chi connectivity index (χ2v) is 5.53. The minimum Gasteiger partial charge on any atom is -0.396 e. The van der Waals surface area contributed by atoms with Gasteiger partial charge in [-0.1, -0.05) is 6.92 Å². The summed E-state index contributed by atoms with van der Waals surface area (Å²) < 4.78 is 1.73. The Kier molecular flexibility index (Phi) is 3.83. The monoisotopic (exact) mass is 264 g/mol. The number of amides is 1. The van der Waals surface area contributed by atoms with Gasteiger partial charge in [0.2, 0.25) is 5.91 Å². The lowest BCUT2D eigenvalue weighted by atomic mass is 10.1. The Morgan fingerprint density at radius 1 is 1.42 bits per heavy atom. The molecule has 2 unspecified atom stereocenters. The number of aromatic nitrogens is 2. The summed E-state index contributed by atoms with van der Waals surface area (Å²) in [5.41, 5.74) is 8.27. The second kappa shape index (κ2) is 5.23. The van der Waals surface area contributed by atoms with Crippen molar-refractivity contribution in [2.75, 3.05) is 5.73 Å². The highest BCUT2D eigenvalue weighted by molar-refractivity contribution is 5.77. The summed E-state index contributed by atoms with van der Waals surface area (Å²) in [6.07, 6.45) is 3.24. The van der Waals surface area contributed by atoms with Crippen LogP contribution in [-0.2, 0) is 11.3 Å². The molecule has 1 aromatic rings. The molecule has 1 saturated heterocycles. The maximum absolute atomic E-state index is 12.5. The predicted octanol–water partition coefficient (Wildman–Crippen LogP) is 1.87. The zero-order valence-electron chi connectivity index (χ0n) is 12.3. The van der Waals surface area contributed by atoms with Gasteiger partial charge in [0.25, 0.3) is 0 Å². The number of hydrogen-bond donors (Lipinski definition) is 1. The van der Waals surface area contributed by atoms with Gasteiger partial charge in [0.05, 0.1) is 17.1 Å². The maximum atomic E-state index is 12.5. The van der Waals surface area contributed by atoms with Gasteiger partial charge in [-0.15, -0.1) is 0 Å². The van der Waals surface area contributed by atoms with Crippen molar-refractivity contribution in [1.82, 2.24) is 14.7 Å². The van der Waals surface area contributed by atoms with E-state index in [0.29, 0.717) is 24.3 Å². The average molecular weight is 264 g/mol. The van der Waals surface area contributed by atoms with Gasteiger partial charge in [0.1, 0.15) is 6.54 Å². The van der Waals surface area contributed by atoms with Crippen LogP contribution in [0.1, 0.15) is 44.5 Å². The van der Waals surface area contributed by atoms with Gasteiger partial charge in [-0.3, -0.25) is 9.48 Å².